The third kappa shape index (κ3) is 5.58. The topological polar surface area (TPSA) is 122 Å². The van der Waals surface area contributed by atoms with E-state index < -0.39 is 20.9 Å². The molecule has 2 rings (SSSR count). The number of hydrogen-bond acceptors (Lipinski definition) is 6. The van der Waals surface area contributed by atoms with Crippen LogP contribution in [0.15, 0.2) is 64.6 Å². The van der Waals surface area contributed by atoms with Crippen molar-refractivity contribution in [3.05, 3.63) is 75.8 Å². The average molecular weight is 430 g/mol. The molecular formula is C20H22N4O5S. The van der Waals surface area contributed by atoms with Crippen LogP contribution >= 0.6 is 0 Å². The van der Waals surface area contributed by atoms with Gasteiger partial charge in [-0.1, -0.05) is 32.0 Å². The van der Waals surface area contributed by atoms with E-state index in [4.69, 9.17) is 0 Å². The van der Waals surface area contributed by atoms with Gasteiger partial charge in [0.05, 0.1) is 15.4 Å². The van der Waals surface area contributed by atoms with Crippen LogP contribution in [0.5, 0.6) is 0 Å². The average Bonchev–Trinajstić information content (AvgIpc) is 2.74. The number of carbonyl (C=O) groups is 1. The summed E-state index contributed by atoms with van der Waals surface area (Å²) in [4.78, 5) is 22.8. The minimum absolute atomic E-state index is 0.0270. The van der Waals surface area contributed by atoms with E-state index in [2.05, 4.69) is 10.5 Å². The van der Waals surface area contributed by atoms with Crippen molar-refractivity contribution in [2.75, 3.05) is 13.1 Å². The first-order chi connectivity index (χ1) is 14.3. The van der Waals surface area contributed by atoms with Gasteiger partial charge in [0.15, 0.2) is 0 Å². The smallest absolute Gasteiger partial charge is 0.267 e. The van der Waals surface area contributed by atoms with E-state index in [0.717, 1.165) is 0 Å². The predicted octanol–water partition coefficient (Wildman–Crippen LogP) is 3.05. The second-order valence-corrected chi connectivity index (χ2v) is 7.95. The van der Waals surface area contributed by atoms with Crippen LogP contribution in [0.4, 0.5) is 5.69 Å². The van der Waals surface area contributed by atoms with Gasteiger partial charge in [0.2, 0.25) is 10.0 Å². The maximum atomic E-state index is 12.6. The van der Waals surface area contributed by atoms with Gasteiger partial charge >= 0.3 is 0 Å². The highest BCUT2D eigenvalue weighted by atomic mass is 32.2. The Labute approximate surface area is 174 Å². The summed E-state index contributed by atoms with van der Waals surface area (Å²) >= 11 is 0. The van der Waals surface area contributed by atoms with Crippen LogP contribution in [0.2, 0.25) is 0 Å². The molecule has 0 aliphatic rings. The van der Waals surface area contributed by atoms with Crippen molar-refractivity contribution in [2.45, 2.75) is 18.7 Å². The highest BCUT2D eigenvalue weighted by Crippen LogP contribution is 2.19. The van der Waals surface area contributed by atoms with Gasteiger partial charge in [0.25, 0.3) is 11.6 Å². The largest absolute Gasteiger partial charge is 0.276 e. The maximum absolute atomic E-state index is 12.6. The monoisotopic (exact) mass is 430 g/mol. The summed E-state index contributed by atoms with van der Waals surface area (Å²) in [5.41, 5.74) is 2.79. The number of nitrogens with zero attached hydrogens (tertiary/aromatic N) is 3. The SMILES string of the molecule is CCN(CC)S(=O)(=O)c1cccc(C(=O)NN=CC=Cc2ccccc2[N+](=O)[O-])c1. The number of nitrogens with one attached hydrogen (secondary N) is 1. The lowest BCUT2D eigenvalue weighted by Crippen LogP contribution is -2.30. The molecule has 0 heterocycles. The molecule has 10 heteroatoms. The van der Waals surface area contributed by atoms with Crippen molar-refractivity contribution in [1.82, 2.24) is 9.73 Å². The summed E-state index contributed by atoms with van der Waals surface area (Å²) in [5, 5.41) is 14.7. The third-order valence-corrected chi connectivity index (χ3v) is 6.22. The predicted molar refractivity (Wildman–Crippen MR) is 115 cm³/mol. The summed E-state index contributed by atoms with van der Waals surface area (Å²) in [6.07, 6.45) is 4.21. The lowest BCUT2D eigenvalue weighted by atomic mass is 10.2. The van der Waals surface area contributed by atoms with Crippen LogP contribution < -0.4 is 5.43 Å². The summed E-state index contributed by atoms with van der Waals surface area (Å²) in [5.74, 6) is -0.582. The van der Waals surface area contributed by atoms with Gasteiger partial charge in [-0.2, -0.15) is 9.41 Å². The summed E-state index contributed by atoms with van der Waals surface area (Å²) in [6.45, 7) is 4.13. The molecule has 30 heavy (non-hydrogen) atoms. The molecule has 2 aromatic rings. The van der Waals surface area contributed by atoms with E-state index in [1.54, 1.807) is 32.0 Å². The Bertz CT molecular complexity index is 1080. The number of hydrazone groups is 1. The summed E-state index contributed by atoms with van der Waals surface area (Å²) < 4.78 is 26.5. The van der Waals surface area contributed by atoms with Gasteiger partial charge in [0.1, 0.15) is 0 Å². The molecule has 0 spiro atoms. The maximum Gasteiger partial charge on any atom is 0.276 e. The van der Waals surface area contributed by atoms with Gasteiger partial charge in [-0.05, 0) is 36.4 Å². The van der Waals surface area contributed by atoms with Gasteiger partial charge < -0.3 is 0 Å². The molecule has 158 valence electrons. The first-order valence-corrected chi connectivity index (χ1v) is 10.6. The second kappa shape index (κ2) is 10.4. The molecule has 0 aromatic heterocycles. The van der Waals surface area contributed by atoms with E-state index in [1.165, 1.54) is 53.0 Å². The number of hydrogen-bond donors (Lipinski definition) is 1. The van der Waals surface area contributed by atoms with E-state index in [-0.39, 0.29) is 16.1 Å². The van der Waals surface area contributed by atoms with Gasteiger partial charge in [0, 0.05) is 30.9 Å². The summed E-state index contributed by atoms with van der Waals surface area (Å²) in [7, 11) is -3.68. The molecule has 0 saturated carbocycles. The number of benzene rings is 2. The van der Waals surface area contributed by atoms with Crippen molar-refractivity contribution in [2.24, 2.45) is 5.10 Å². The highest BCUT2D eigenvalue weighted by molar-refractivity contribution is 7.89. The number of amides is 1. The quantitative estimate of drug-likeness (QED) is 0.372. The Morgan fingerprint density at radius 1 is 1.17 bits per heavy atom. The Morgan fingerprint density at radius 2 is 1.87 bits per heavy atom. The minimum atomic E-state index is -3.68. The Balaban J connectivity index is 2.08. The van der Waals surface area contributed by atoms with Crippen molar-refractivity contribution in [1.29, 1.82) is 0 Å². The van der Waals surface area contributed by atoms with Crippen LogP contribution in [-0.4, -0.2) is 42.9 Å². The van der Waals surface area contributed by atoms with Crippen LogP contribution in [0, 0.1) is 10.1 Å². The molecule has 1 amide bonds. The van der Waals surface area contributed by atoms with Crippen molar-refractivity contribution < 1.29 is 18.1 Å². The summed E-state index contributed by atoms with van der Waals surface area (Å²) in [6, 6.07) is 11.9. The molecular weight excluding hydrogens is 408 g/mol. The van der Waals surface area contributed by atoms with E-state index in [0.29, 0.717) is 18.7 Å². The number of nitro groups is 1. The lowest BCUT2D eigenvalue weighted by Gasteiger charge is -2.18. The first-order valence-electron chi connectivity index (χ1n) is 9.15. The number of carbonyl (C=O) groups excluding carboxylic acids is 1. The lowest BCUT2D eigenvalue weighted by molar-refractivity contribution is -0.385. The fraction of sp³-hybridized carbons (Fsp3) is 0.200. The molecule has 9 nitrogen and oxygen atoms in total. The Kier molecular flexibility index (Phi) is 7.96. The van der Waals surface area contributed by atoms with Crippen LogP contribution in [0.3, 0.4) is 0 Å². The molecule has 0 saturated heterocycles. The van der Waals surface area contributed by atoms with E-state index in [9.17, 15) is 23.3 Å². The molecule has 1 N–H and O–H groups in total. The fourth-order valence-electron chi connectivity index (χ4n) is 2.66. The van der Waals surface area contributed by atoms with Gasteiger partial charge in [-0.25, -0.2) is 13.8 Å². The third-order valence-electron chi connectivity index (χ3n) is 4.18. The molecule has 0 unspecified atom stereocenters. The number of sulfonamides is 1. The fourth-order valence-corrected chi connectivity index (χ4v) is 4.16. The molecule has 0 fully saturated rings. The molecule has 0 bridgehead atoms. The van der Waals surface area contributed by atoms with E-state index >= 15 is 0 Å². The van der Waals surface area contributed by atoms with Gasteiger partial charge in [-0.15, -0.1) is 0 Å². The molecule has 0 radical (unpaired) electrons. The standard InChI is InChI=1S/C20H22N4O5S/c1-3-23(4-2)30(28,29)18-12-7-10-17(15-18)20(25)22-21-14-8-11-16-9-5-6-13-19(16)24(26)27/h5-15H,3-4H2,1-2H3,(H,22,25). The number of rotatable bonds is 9. The minimum Gasteiger partial charge on any atom is -0.267 e. The Hall–Kier alpha value is -3.37. The van der Waals surface area contributed by atoms with Crippen molar-refractivity contribution in [3.8, 4) is 0 Å². The zero-order valence-corrected chi connectivity index (χ0v) is 17.4. The second-order valence-electron chi connectivity index (χ2n) is 6.01. The number of allylic oxidation sites excluding steroid dienone is 1. The molecule has 0 aliphatic carbocycles. The first kappa shape index (κ1) is 22.9. The zero-order chi connectivity index (χ0) is 22.1. The number of para-hydroxylation sites is 1. The highest BCUT2D eigenvalue weighted by Gasteiger charge is 2.22. The van der Waals surface area contributed by atoms with Crippen LogP contribution in [-0.2, 0) is 10.0 Å². The Morgan fingerprint density at radius 3 is 2.53 bits per heavy atom. The van der Waals surface area contributed by atoms with Crippen molar-refractivity contribution in [3.63, 3.8) is 0 Å². The van der Waals surface area contributed by atoms with Crippen LogP contribution in [0.1, 0.15) is 29.8 Å². The van der Waals surface area contributed by atoms with Gasteiger partial charge in [-0.3, -0.25) is 14.9 Å². The van der Waals surface area contributed by atoms with Crippen molar-refractivity contribution >= 4 is 33.9 Å². The normalized spacial score (nSPS) is 12.0. The number of nitro benzene ring substituents is 1. The van der Waals surface area contributed by atoms with Crippen LogP contribution in [0.25, 0.3) is 6.08 Å². The molecule has 0 aliphatic heterocycles. The molecule has 2 aromatic carbocycles. The zero-order valence-electron chi connectivity index (χ0n) is 16.6. The molecule has 0 atom stereocenters. The van der Waals surface area contributed by atoms with E-state index in [1.807, 2.05) is 0 Å².